The molecule has 2 aromatic rings. The highest BCUT2D eigenvalue weighted by molar-refractivity contribution is 6.30. The van der Waals surface area contributed by atoms with E-state index in [1.807, 2.05) is 30.5 Å². The Morgan fingerprint density at radius 2 is 2.21 bits per heavy atom. The molecule has 0 fully saturated rings. The summed E-state index contributed by atoms with van der Waals surface area (Å²) in [7, 11) is 0. The van der Waals surface area contributed by atoms with Crippen molar-refractivity contribution >= 4 is 23.2 Å². The summed E-state index contributed by atoms with van der Waals surface area (Å²) < 4.78 is 1.77. The third-order valence-electron chi connectivity index (χ3n) is 1.94. The molecule has 1 heterocycles. The minimum Gasteiger partial charge on any atom is -0.241 e. The lowest BCUT2D eigenvalue weighted by Gasteiger charge is -2.06. The van der Waals surface area contributed by atoms with E-state index < -0.39 is 0 Å². The molecule has 0 aliphatic rings. The van der Waals surface area contributed by atoms with E-state index in [4.69, 9.17) is 23.2 Å². The molecule has 2 nitrogen and oxygen atoms in total. The first-order valence-electron chi connectivity index (χ1n) is 4.15. The quantitative estimate of drug-likeness (QED) is 0.720. The first kappa shape index (κ1) is 9.56. The van der Waals surface area contributed by atoms with Gasteiger partial charge in [-0.1, -0.05) is 11.6 Å². The third kappa shape index (κ3) is 1.76. The topological polar surface area (TPSA) is 17.8 Å². The van der Waals surface area contributed by atoms with Crippen LogP contribution in [0.5, 0.6) is 0 Å². The molecule has 72 valence electrons. The van der Waals surface area contributed by atoms with Gasteiger partial charge in [0.05, 0.1) is 5.69 Å². The van der Waals surface area contributed by atoms with Crippen LogP contribution in [0.4, 0.5) is 0 Å². The van der Waals surface area contributed by atoms with Crippen molar-refractivity contribution in [1.82, 2.24) is 9.78 Å². The van der Waals surface area contributed by atoms with Gasteiger partial charge in [-0.2, -0.15) is 5.10 Å². The van der Waals surface area contributed by atoms with Crippen LogP contribution < -0.4 is 0 Å². The summed E-state index contributed by atoms with van der Waals surface area (Å²) in [6.45, 7) is 0. The van der Waals surface area contributed by atoms with Crippen LogP contribution in [0, 0.1) is 0 Å². The number of hydrogen-bond donors (Lipinski definition) is 0. The second kappa shape index (κ2) is 4.03. The van der Waals surface area contributed by atoms with Gasteiger partial charge < -0.3 is 0 Å². The number of hydrogen-bond acceptors (Lipinski definition) is 1. The van der Waals surface area contributed by atoms with Crippen molar-refractivity contribution in [3.63, 3.8) is 0 Å². The maximum absolute atomic E-state index is 5.87. The Hall–Kier alpha value is -0.990. The number of rotatable bonds is 2. The Bertz CT molecular complexity index is 424. The molecule has 0 spiro atoms. The second-order valence-electron chi connectivity index (χ2n) is 2.86. The van der Waals surface area contributed by atoms with E-state index in [9.17, 15) is 0 Å². The van der Waals surface area contributed by atoms with E-state index in [1.165, 1.54) is 0 Å². The molecule has 1 aromatic heterocycles. The predicted molar refractivity (Wildman–Crippen MR) is 58.1 cm³/mol. The van der Waals surface area contributed by atoms with E-state index in [0.717, 1.165) is 11.3 Å². The molecule has 0 radical (unpaired) electrons. The van der Waals surface area contributed by atoms with E-state index in [1.54, 1.807) is 10.9 Å². The zero-order valence-corrected chi connectivity index (χ0v) is 8.83. The molecule has 2 rings (SSSR count). The van der Waals surface area contributed by atoms with Crippen LogP contribution in [0.15, 0.2) is 36.7 Å². The van der Waals surface area contributed by atoms with Crippen LogP contribution in [0.1, 0.15) is 5.56 Å². The van der Waals surface area contributed by atoms with Gasteiger partial charge in [-0.15, -0.1) is 11.6 Å². The zero-order valence-electron chi connectivity index (χ0n) is 7.32. The summed E-state index contributed by atoms with van der Waals surface area (Å²) in [5, 5.41) is 4.83. The van der Waals surface area contributed by atoms with E-state index in [-0.39, 0.29) is 0 Å². The molecule has 14 heavy (non-hydrogen) atoms. The maximum atomic E-state index is 5.87. The second-order valence-corrected chi connectivity index (χ2v) is 3.56. The molecule has 4 heteroatoms. The molecular formula is C10H8Cl2N2. The molecule has 1 aromatic carbocycles. The number of nitrogens with zero attached hydrogens (tertiary/aromatic N) is 2. The Labute approximate surface area is 92.1 Å². The average molecular weight is 227 g/mol. The fourth-order valence-corrected chi connectivity index (χ4v) is 1.70. The highest BCUT2D eigenvalue weighted by Crippen LogP contribution is 2.20. The lowest BCUT2D eigenvalue weighted by atomic mass is 10.2. The fourth-order valence-electron chi connectivity index (χ4n) is 1.30. The summed E-state index contributed by atoms with van der Waals surface area (Å²) in [5.41, 5.74) is 1.94. The van der Waals surface area contributed by atoms with Gasteiger partial charge in [0.2, 0.25) is 0 Å². The third-order valence-corrected chi connectivity index (χ3v) is 2.46. The van der Waals surface area contributed by atoms with Gasteiger partial charge in [-0.3, -0.25) is 0 Å². The fraction of sp³-hybridized carbons (Fsp3) is 0.100. The predicted octanol–water partition coefficient (Wildman–Crippen LogP) is 3.26. The SMILES string of the molecule is ClCc1cc(Cl)ccc1-n1cccn1. The molecule has 0 bridgehead atoms. The number of alkyl halides is 1. The Balaban J connectivity index is 2.53. The summed E-state index contributed by atoms with van der Waals surface area (Å²) in [5.74, 6) is 0.426. The van der Waals surface area contributed by atoms with Gasteiger partial charge in [0.15, 0.2) is 0 Å². The summed E-state index contributed by atoms with van der Waals surface area (Å²) >= 11 is 11.7. The van der Waals surface area contributed by atoms with Crippen molar-refractivity contribution in [3.8, 4) is 5.69 Å². The highest BCUT2D eigenvalue weighted by atomic mass is 35.5. The van der Waals surface area contributed by atoms with Crippen molar-refractivity contribution < 1.29 is 0 Å². The Kier molecular flexibility index (Phi) is 2.75. The van der Waals surface area contributed by atoms with Crippen molar-refractivity contribution in [2.24, 2.45) is 0 Å². The van der Waals surface area contributed by atoms with Crippen molar-refractivity contribution in [1.29, 1.82) is 0 Å². The normalized spacial score (nSPS) is 10.4. The molecule has 0 atom stereocenters. The van der Waals surface area contributed by atoms with Crippen LogP contribution in [0.3, 0.4) is 0 Å². The molecule has 0 aliphatic heterocycles. The van der Waals surface area contributed by atoms with Gasteiger partial charge in [-0.05, 0) is 29.8 Å². The van der Waals surface area contributed by atoms with Gasteiger partial charge in [0.25, 0.3) is 0 Å². The van der Waals surface area contributed by atoms with Gasteiger partial charge in [0.1, 0.15) is 0 Å². The molecule has 0 saturated carbocycles. The van der Waals surface area contributed by atoms with Gasteiger partial charge in [0, 0.05) is 23.3 Å². The van der Waals surface area contributed by atoms with E-state index in [2.05, 4.69) is 5.10 Å². The average Bonchev–Trinajstić information content (AvgIpc) is 2.70. The van der Waals surface area contributed by atoms with Crippen LogP contribution in [-0.2, 0) is 5.88 Å². The maximum Gasteiger partial charge on any atom is 0.0690 e. The van der Waals surface area contributed by atoms with Crippen LogP contribution in [-0.4, -0.2) is 9.78 Å². The van der Waals surface area contributed by atoms with Crippen molar-refractivity contribution in [2.75, 3.05) is 0 Å². The molecule has 0 saturated heterocycles. The minimum absolute atomic E-state index is 0.426. The number of aromatic nitrogens is 2. The smallest absolute Gasteiger partial charge is 0.0690 e. The van der Waals surface area contributed by atoms with Crippen molar-refractivity contribution in [2.45, 2.75) is 5.88 Å². The lowest BCUT2D eigenvalue weighted by molar-refractivity contribution is 0.871. The van der Waals surface area contributed by atoms with Crippen LogP contribution in [0.2, 0.25) is 5.02 Å². The molecule has 0 amide bonds. The Morgan fingerprint density at radius 1 is 1.36 bits per heavy atom. The lowest BCUT2D eigenvalue weighted by Crippen LogP contribution is -1.98. The minimum atomic E-state index is 0.426. The van der Waals surface area contributed by atoms with Gasteiger partial charge >= 0.3 is 0 Å². The van der Waals surface area contributed by atoms with Crippen LogP contribution >= 0.6 is 23.2 Å². The monoisotopic (exact) mass is 226 g/mol. The standard InChI is InChI=1S/C10H8Cl2N2/c11-7-8-6-9(12)2-3-10(8)14-5-1-4-13-14/h1-6H,7H2. The van der Waals surface area contributed by atoms with E-state index >= 15 is 0 Å². The first-order valence-corrected chi connectivity index (χ1v) is 5.07. The van der Waals surface area contributed by atoms with Crippen molar-refractivity contribution in [3.05, 3.63) is 47.2 Å². The number of halogens is 2. The molecule has 0 N–H and O–H groups in total. The first-order chi connectivity index (χ1) is 6.81. The van der Waals surface area contributed by atoms with Crippen LogP contribution in [0.25, 0.3) is 5.69 Å². The zero-order chi connectivity index (χ0) is 9.97. The summed E-state index contributed by atoms with van der Waals surface area (Å²) in [6.07, 6.45) is 3.60. The molecular weight excluding hydrogens is 219 g/mol. The molecule has 0 aliphatic carbocycles. The summed E-state index contributed by atoms with van der Waals surface area (Å²) in [6, 6.07) is 7.46. The largest absolute Gasteiger partial charge is 0.241 e. The van der Waals surface area contributed by atoms with Gasteiger partial charge in [-0.25, -0.2) is 4.68 Å². The number of benzene rings is 1. The Morgan fingerprint density at radius 3 is 2.86 bits per heavy atom. The van der Waals surface area contributed by atoms with E-state index in [0.29, 0.717) is 10.9 Å². The summed E-state index contributed by atoms with van der Waals surface area (Å²) in [4.78, 5) is 0. The molecule has 0 unspecified atom stereocenters. The highest BCUT2D eigenvalue weighted by Gasteiger charge is 2.04.